The first-order valence-electron chi connectivity index (χ1n) is 5.07. The van der Waals surface area contributed by atoms with E-state index in [9.17, 15) is 0 Å². The molecular formula is C9H21N2OPS2. The normalized spacial score (nSPS) is 18.0. The van der Waals surface area contributed by atoms with Crippen molar-refractivity contribution in [3.63, 3.8) is 0 Å². The fraction of sp³-hybridized carbons (Fsp3) is 0.889. The Morgan fingerprint density at radius 1 is 1.53 bits per heavy atom. The van der Waals surface area contributed by atoms with E-state index in [4.69, 9.17) is 16.3 Å². The first-order valence-corrected chi connectivity index (χ1v) is 9.62. The van der Waals surface area contributed by atoms with Crippen LogP contribution in [0.3, 0.4) is 0 Å². The van der Waals surface area contributed by atoms with E-state index in [-0.39, 0.29) is 6.10 Å². The van der Waals surface area contributed by atoms with Crippen molar-refractivity contribution in [2.45, 2.75) is 46.3 Å². The van der Waals surface area contributed by atoms with Gasteiger partial charge in [-0.15, -0.1) is 0 Å². The summed E-state index contributed by atoms with van der Waals surface area (Å²) in [5, 5.41) is 3.12. The van der Waals surface area contributed by atoms with E-state index >= 15 is 0 Å². The second-order valence-electron chi connectivity index (χ2n) is 3.50. The topological polar surface area (TPSA) is 33.6 Å². The third-order valence-electron chi connectivity index (χ3n) is 1.73. The molecule has 0 heterocycles. The van der Waals surface area contributed by atoms with Crippen molar-refractivity contribution in [3.8, 4) is 0 Å². The van der Waals surface area contributed by atoms with Gasteiger partial charge < -0.3 is 9.61 Å². The summed E-state index contributed by atoms with van der Waals surface area (Å²) >= 11 is 6.98. The van der Waals surface area contributed by atoms with Gasteiger partial charge in [0, 0.05) is 6.04 Å². The Bertz CT molecular complexity index is 246. The van der Waals surface area contributed by atoms with E-state index in [2.05, 4.69) is 23.9 Å². The highest BCUT2D eigenvalue weighted by Gasteiger charge is 2.16. The molecular weight excluding hydrogens is 247 g/mol. The van der Waals surface area contributed by atoms with Gasteiger partial charge in [-0.2, -0.15) is 0 Å². The maximum Gasteiger partial charge on any atom is 0.211 e. The molecule has 6 heteroatoms. The average Bonchev–Trinajstić information content (AvgIpc) is 2.16. The van der Waals surface area contributed by atoms with Crippen molar-refractivity contribution in [1.29, 1.82) is 0 Å². The van der Waals surface area contributed by atoms with Crippen molar-refractivity contribution < 1.29 is 4.52 Å². The molecule has 0 aromatic carbocycles. The molecule has 0 spiro atoms. The van der Waals surface area contributed by atoms with Crippen LogP contribution in [0.2, 0.25) is 0 Å². The number of rotatable bonds is 7. The van der Waals surface area contributed by atoms with Crippen LogP contribution < -0.4 is 5.09 Å². The van der Waals surface area contributed by atoms with Crippen molar-refractivity contribution in [1.82, 2.24) is 5.09 Å². The second-order valence-corrected chi connectivity index (χ2v) is 10.2. The highest BCUT2D eigenvalue weighted by molar-refractivity contribution is 8.68. The number of hydrogen-bond donors (Lipinski definition) is 1. The summed E-state index contributed by atoms with van der Waals surface area (Å²) < 4.78 is 5.69. The van der Waals surface area contributed by atoms with Gasteiger partial charge in [0.2, 0.25) is 5.62 Å². The molecule has 0 amide bonds. The van der Waals surface area contributed by atoms with Crippen molar-refractivity contribution in [3.05, 3.63) is 0 Å². The van der Waals surface area contributed by atoms with Gasteiger partial charge in [0.1, 0.15) is 0 Å². The molecule has 0 aromatic heterocycles. The summed E-state index contributed by atoms with van der Waals surface area (Å²) in [6.07, 6.45) is 4.85. The molecule has 0 bridgehead atoms. The lowest BCUT2D eigenvalue weighted by molar-refractivity contribution is 0.274. The molecule has 0 aliphatic rings. The third kappa shape index (κ3) is 7.34. The van der Waals surface area contributed by atoms with Crippen LogP contribution in [-0.4, -0.2) is 24.7 Å². The lowest BCUT2D eigenvalue weighted by Gasteiger charge is -2.21. The van der Waals surface area contributed by atoms with Crippen LogP contribution in [0.15, 0.2) is 4.99 Å². The van der Waals surface area contributed by atoms with Gasteiger partial charge >= 0.3 is 0 Å². The van der Waals surface area contributed by atoms with E-state index < -0.39 is 5.62 Å². The molecule has 0 saturated heterocycles. The van der Waals surface area contributed by atoms with Gasteiger partial charge in [-0.05, 0) is 45.3 Å². The molecule has 2 unspecified atom stereocenters. The number of nitrogens with zero attached hydrogens (tertiary/aromatic N) is 1. The Kier molecular flexibility index (Phi) is 7.88. The molecule has 2 atom stereocenters. The number of hydrogen-bond acceptors (Lipinski definition) is 4. The van der Waals surface area contributed by atoms with Gasteiger partial charge in [0.15, 0.2) is 0 Å². The molecule has 0 aromatic rings. The van der Waals surface area contributed by atoms with E-state index in [1.54, 1.807) is 17.7 Å². The molecule has 3 nitrogen and oxygen atoms in total. The van der Waals surface area contributed by atoms with Gasteiger partial charge in [-0.1, -0.05) is 18.3 Å². The predicted octanol–water partition coefficient (Wildman–Crippen LogP) is 3.42. The molecule has 0 fully saturated rings. The Labute approximate surface area is 102 Å². The van der Waals surface area contributed by atoms with Crippen molar-refractivity contribution >= 4 is 35.1 Å². The molecule has 0 saturated carbocycles. The third-order valence-corrected chi connectivity index (χ3v) is 7.27. The zero-order valence-electron chi connectivity index (χ0n) is 10.1. The van der Waals surface area contributed by atoms with Crippen LogP contribution in [-0.2, 0) is 16.3 Å². The Morgan fingerprint density at radius 2 is 2.13 bits per heavy atom. The fourth-order valence-electron chi connectivity index (χ4n) is 0.740. The van der Waals surface area contributed by atoms with Gasteiger partial charge in [-0.3, -0.25) is 4.99 Å². The van der Waals surface area contributed by atoms with Crippen LogP contribution in [0.5, 0.6) is 0 Å². The van der Waals surface area contributed by atoms with Crippen LogP contribution in [0.4, 0.5) is 0 Å². The standard InChI is InChI=1S/C9H21N2OPS2/c1-6-9(4)10-7-11-13(14,15-5)12-8(2)3/h7-9H,6H2,1-5H3,(H,10,11,14). The minimum Gasteiger partial charge on any atom is -0.324 e. The Morgan fingerprint density at radius 3 is 2.53 bits per heavy atom. The average molecular weight is 268 g/mol. The molecule has 0 rings (SSSR count). The van der Waals surface area contributed by atoms with Crippen molar-refractivity contribution in [2.24, 2.45) is 4.99 Å². The molecule has 0 aliphatic heterocycles. The zero-order valence-corrected chi connectivity index (χ0v) is 12.6. The monoisotopic (exact) mass is 268 g/mol. The summed E-state index contributed by atoms with van der Waals surface area (Å²) in [5.41, 5.74) is -1.97. The number of nitrogens with one attached hydrogen (secondary N) is 1. The van der Waals surface area contributed by atoms with Crippen molar-refractivity contribution in [2.75, 3.05) is 6.26 Å². The van der Waals surface area contributed by atoms with Gasteiger partial charge in [0.25, 0.3) is 0 Å². The summed E-state index contributed by atoms with van der Waals surface area (Å²) in [6, 6.07) is 0.335. The molecule has 90 valence electrons. The minimum absolute atomic E-state index is 0.146. The SMILES string of the molecule is CCC(C)N=CNP(=S)(OC(C)C)SC. The van der Waals surface area contributed by atoms with E-state index in [0.29, 0.717) is 6.04 Å². The summed E-state index contributed by atoms with van der Waals surface area (Å²) in [6.45, 7) is 8.16. The van der Waals surface area contributed by atoms with Gasteiger partial charge in [-0.25, -0.2) is 0 Å². The first kappa shape index (κ1) is 15.4. The van der Waals surface area contributed by atoms with Crippen LogP contribution in [0.1, 0.15) is 34.1 Å². The van der Waals surface area contributed by atoms with Crippen LogP contribution in [0, 0.1) is 0 Å². The molecule has 15 heavy (non-hydrogen) atoms. The predicted molar refractivity (Wildman–Crippen MR) is 75.4 cm³/mol. The lowest BCUT2D eigenvalue weighted by Crippen LogP contribution is -2.12. The lowest BCUT2D eigenvalue weighted by atomic mass is 10.3. The van der Waals surface area contributed by atoms with Crippen LogP contribution >= 0.6 is 17.0 Å². The van der Waals surface area contributed by atoms with E-state index in [1.807, 2.05) is 20.1 Å². The molecule has 0 radical (unpaired) electrons. The Balaban J connectivity index is 4.21. The maximum absolute atomic E-state index is 5.69. The van der Waals surface area contributed by atoms with Gasteiger partial charge in [0.05, 0.1) is 12.4 Å². The summed E-state index contributed by atoms with van der Waals surface area (Å²) in [5.74, 6) is 0. The van der Waals surface area contributed by atoms with Crippen LogP contribution in [0.25, 0.3) is 0 Å². The smallest absolute Gasteiger partial charge is 0.211 e. The van der Waals surface area contributed by atoms with E-state index in [1.165, 1.54) is 0 Å². The molecule has 1 N–H and O–H groups in total. The second kappa shape index (κ2) is 7.66. The highest BCUT2D eigenvalue weighted by atomic mass is 32.9. The largest absolute Gasteiger partial charge is 0.324 e. The first-order chi connectivity index (χ1) is 6.93. The number of aliphatic imine (C=N–C) groups is 1. The highest BCUT2D eigenvalue weighted by Crippen LogP contribution is 2.54. The molecule has 0 aliphatic carbocycles. The minimum atomic E-state index is -1.97. The maximum atomic E-state index is 5.69. The summed E-state index contributed by atoms with van der Waals surface area (Å²) in [7, 11) is 0. The quantitative estimate of drug-likeness (QED) is 0.436. The van der Waals surface area contributed by atoms with E-state index in [0.717, 1.165) is 6.42 Å². The summed E-state index contributed by atoms with van der Waals surface area (Å²) in [4.78, 5) is 4.31. The zero-order chi connectivity index (χ0) is 11.9. The fourth-order valence-corrected chi connectivity index (χ4v) is 3.65. The Hall–Kier alpha value is 0.430.